The minimum absolute atomic E-state index is 0.128. The highest BCUT2D eigenvalue weighted by Gasteiger charge is 2.22. The number of allylic oxidation sites excluding steroid dienone is 1. The normalized spacial score (nSPS) is 25.2. The molecule has 0 saturated heterocycles. The minimum atomic E-state index is -1.71. The van der Waals surface area contributed by atoms with E-state index in [1.165, 1.54) is 11.1 Å². The Morgan fingerprint density at radius 2 is 1.95 bits per heavy atom. The van der Waals surface area contributed by atoms with Crippen LogP contribution in [0.2, 0.25) is 5.02 Å². The number of hydrogen-bond donors (Lipinski definition) is 1. The molecule has 2 bridgehead atoms. The molecule has 2 aliphatic heterocycles. The maximum absolute atomic E-state index is 13.0. The summed E-state index contributed by atoms with van der Waals surface area (Å²) in [4.78, 5) is 15.2. The zero-order valence-corrected chi connectivity index (χ0v) is 23.1. The van der Waals surface area contributed by atoms with Gasteiger partial charge in [-0.15, -0.1) is 0 Å². The Morgan fingerprint density at radius 3 is 2.78 bits per heavy atom. The lowest BCUT2D eigenvalue weighted by atomic mass is 9.91. The van der Waals surface area contributed by atoms with Crippen LogP contribution in [0.5, 0.6) is 5.75 Å². The Balaban J connectivity index is 1.81. The number of ether oxygens (including phenoxy) is 1. The van der Waals surface area contributed by atoms with E-state index in [2.05, 4.69) is 35.2 Å². The van der Waals surface area contributed by atoms with Crippen molar-refractivity contribution in [3.63, 3.8) is 0 Å². The number of carbonyl (C=O) groups is 1. The van der Waals surface area contributed by atoms with Crippen molar-refractivity contribution in [1.29, 1.82) is 0 Å². The fraction of sp³-hybridized carbons (Fsp3) is 0.483. The summed E-state index contributed by atoms with van der Waals surface area (Å²) < 4.78 is 22.6. The fourth-order valence-corrected chi connectivity index (χ4v) is 5.79. The van der Waals surface area contributed by atoms with Crippen molar-refractivity contribution >= 4 is 33.8 Å². The molecule has 1 amide bonds. The summed E-state index contributed by atoms with van der Waals surface area (Å²) in [7, 11) is -1.71. The number of fused-ring (bicyclic) bond motifs is 2. The lowest BCUT2D eigenvalue weighted by molar-refractivity contribution is 0.100. The van der Waals surface area contributed by atoms with Crippen LogP contribution in [0.15, 0.2) is 52.9 Å². The number of aliphatic hydroxyl groups excluding tert-OH is 1. The van der Waals surface area contributed by atoms with Crippen molar-refractivity contribution in [1.82, 2.24) is 0 Å². The van der Waals surface area contributed by atoms with Gasteiger partial charge < -0.3 is 23.3 Å². The highest BCUT2D eigenvalue weighted by atomic mass is 35.5. The third kappa shape index (κ3) is 7.59. The standard InChI is InChI=1S/C29H36ClN2O4S/c1-20-6-5-8-26(33)13-15-37(35)31-29(34)23-10-12-28-27(17-23)32(18-21(20)2)19-24-9-11-25(30)16-22(24)7-3-4-14-36-28/h5,8-12,16-17,20-21,26,33H,3-4,6-7,13-15,18-19H2,1-2H3/q-1/b8-5+/t20-,21-,26-/m0/s1. The fourth-order valence-electron chi connectivity index (χ4n) is 4.77. The molecule has 3 atom stereocenters. The van der Waals surface area contributed by atoms with E-state index in [0.29, 0.717) is 37.0 Å². The molecule has 0 spiro atoms. The molecule has 8 heteroatoms. The van der Waals surface area contributed by atoms with Crippen LogP contribution in [-0.4, -0.2) is 36.0 Å². The van der Waals surface area contributed by atoms with Gasteiger partial charge in [0.1, 0.15) is 5.75 Å². The van der Waals surface area contributed by atoms with Gasteiger partial charge in [0.05, 0.1) is 18.4 Å². The zero-order chi connectivity index (χ0) is 26.4. The average Bonchev–Trinajstić information content (AvgIpc) is 2.90. The second-order valence-corrected chi connectivity index (χ2v) is 11.8. The topological polar surface area (TPSA) is 79.2 Å². The molecule has 2 aliphatic rings. The number of anilines is 1. The van der Waals surface area contributed by atoms with Gasteiger partial charge in [0, 0.05) is 23.7 Å². The van der Waals surface area contributed by atoms with Gasteiger partial charge in [-0.3, -0.25) is 4.79 Å². The van der Waals surface area contributed by atoms with Gasteiger partial charge in [0.2, 0.25) is 0 Å². The highest BCUT2D eigenvalue weighted by Crippen LogP contribution is 2.35. The van der Waals surface area contributed by atoms with Gasteiger partial charge in [0.15, 0.2) is 0 Å². The first-order valence-electron chi connectivity index (χ1n) is 13.1. The number of carbonyl (C=O) groups excluding carboxylic acids is 1. The molecule has 200 valence electrons. The van der Waals surface area contributed by atoms with E-state index in [4.69, 9.17) is 16.3 Å². The van der Waals surface area contributed by atoms with Crippen LogP contribution in [0.4, 0.5) is 5.69 Å². The first-order chi connectivity index (χ1) is 17.8. The van der Waals surface area contributed by atoms with Crippen molar-refractivity contribution in [3.8, 4) is 5.75 Å². The highest BCUT2D eigenvalue weighted by molar-refractivity contribution is 7.75. The van der Waals surface area contributed by atoms with E-state index < -0.39 is 22.6 Å². The molecular formula is C29H36ClN2O4S-. The third-order valence-corrected chi connectivity index (χ3v) is 8.48. The van der Waals surface area contributed by atoms with Crippen LogP contribution >= 0.6 is 11.6 Å². The molecule has 4 rings (SSSR count). The van der Waals surface area contributed by atoms with Crippen molar-refractivity contribution in [3.05, 3.63) is 70.3 Å². The molecule has 1 N–H and O–H groups in total. The molecule has 2 heterocycles. The molecule has 2 aromatic carbocycles. The summed E-state index contributed by atoms with van der Waals surface area (Å²) in [6.45, 7) is 6.43. The Labute approximate surface area is 226 Å². The molecule has 0 unspecified atom stereocenters. The first kappa shape index (κ1) is 27.7. The summed E-state index contributed by atoms with van der Waals surface area (Å²) >= 11 is 6.36. The Bertz CT molecular complexity index is 1220. The van der Waals surface area contributed by atoms with Gasteiger partial charge in [0.25, 0.3) is 5.91 Å². The van der Waals surface area contributed by atoms with E-state index >= 15 is 0 Å². The van der Waals surface area contributed by atoms with Crippen LogP contribution < -0.4 is 9.64 Å². The Kier molecular flexibility index (Phi) is 9.68. The zero-order valence-electron chi connectivity index (χ0n) is 21.6. The number of aliphatic hydroxyl groups is 1. The van der Waals surface area contributed by atoms with Crippen LogP contribution in [0.3, 0.4) is 0 Å². The summed E-state index contributed by atoms with van der Waals surface area (Å²) in [6, 6.07) is 11.4. The van der Waals surface area contributed by atoms with E-state index in [9.17, 15) is 14.1 Å². The number of rotatable bonds is 0. The largest absolute Gasteiger partial charge is 0.491 e. The number of nitrogens with zero attached hydrogens (tertiary/aromatic N) is 2. The van der Waals surface area contributed by atoms with E-state index in [-0.39, 0.29) is 5.75 Å². The second kappa shape index (κ2) is 12.9. The van der Waals surface area contributed by atoms with Gasteiger partial charge in [-0.05, 0) is 85.4 Å². The average molecular weight is 544 g/mol. The van der Waals surface area contributed by atoms with Gasteiger partial charge in [-0.25, -0.2) is 0 Å². The predicted octanol–water partition coefficient (Wildman–Crippen LogP) is 6.33. The quantitative estimate of drug-likeness (QED) is 0.310. The molecule has 37 heavy (non-hydrogen) atoms. The van der Waals surface area contributed by atoms with Crippen molar-refractivity contribution in [2.75, 3.05) is 23.8 Å². The molecule has 0 radical (unpaired) electrons. The number of benzene rings is 2. The first-order valence-corrected chi connectivity index (χ1v) is 14.7. The summed E-state index contributed by atoms with van der Waals surface area (Å²) in [5.74, 6) is 1.01. The predicted molar refractivity (Wildman–Crippen MR) is 150 cm³/mol. The smallest absolute Gasteiger partial charge is 0.254 e. The molecule has 0 fully saturated rings. The van der Waals surface area contributed by atoms with Crippen LogP contribution in [0.25, 0.3) is 0 Å². The van der Waals surface area contributed by atoms with Gasteiger partial charge in [-0.2, -0.15) is 10.6 Å². The summed E-state index contributed by atoms with van der Waals surface area (Å²) in [6.07, 6.45) is 7.01. The number of amides is 1. The molecule has 6 nitrogen and oxygen atoms in total. The number of halogens is 1. The summed E-state index contributed by atoms with van der Waals surface area (Å²) in [5, 5.41) is 11.0. The third-order valence-electron chi connectivity index (χ3n) is 7.29. The summed E-state index contributed by atoms with van der Waals surface area (Å²) in [5.41, 5.74) is 3.65. The van der Waals surface area contributed by atoms with Gasteiger partial charge >= 0.3 is 0 Å². The number of aryl methyl sites for hydroxylation is 1. The molecule has 2 aromatic rings. The maximum atomic E-state index is 13.0. The Morgan fingerprint density at radius 1 is 1.11 bits per heavy atom. The molecule has 0 aliphatic carbocycles. The van der Waals surface area contributed by atoms with Crippen LogP contribution in [-0.2, 0) is 27.8 Å². The SMILES string of the molecule is C[C@H]1C/C=C/[C@H](O)CC[S-](=O)=NC(=O)c2ccc3c(c2)N(Cc2ccc(Cl)cc2CCCCO3)C[C@@H]1C. The molecule has 0 aromatic heterocycles. The van der Waals surface area contributed by atoms with Crippen LogP contribution in [0.1, 0.15) is 61.0 Å². The molecular weight excluding hydrogens is 508 g/mol. The lowest BCUT2D eigenvalue weighted by Gasteiger charge is -2.32. The van der Waals surface area contributed by atoms with Crippen molar-refractivity contribution < 1.29 is 18.8 Å². The Hall–Kier alpha value is -2.35. The second-order valence-electron chi connectivity index (χ2n) is 10.2. The van der Waals surface area contributed by atoms with E-state index in [1.54, 1.807) is 12.1 Å². The van der Waals surface area contributed by atoms with Crippen LogP contribution in [0, 0.1) is 11.8 Å². The minimum Gasteiger partial charge on any atom is -0.491 e. The van der Waals surface area contributed by atoms with E-state index in [0.717, 1.165) is 48.7 Å². The van der Waals surface area contributed by atoms with E-state index in [1.807, 2.05) is 24.3 Å². The van der Waals surface area contributed by atoms with Gasteiger partial charge in [-0.1, -0.05) is 49.4 Å². The maximum Gasteiger partial charge on any atom is 0.254 e. The number of hydrogen-bond acceptors (Lipinski definition) is 6. The lowest BCUT2D eigenvalue weighted by Crippen LogP contribution is -2.31. The van der Waals surface area contributed by atoms with Crippen molar-refractivity contribution in [2.24, 2.45) is 16.2 Å². The molecule has 0 saturated carbocycles. The van der Waals surface area contributed by atoms with Crippen molar-refractivity contribution in [2.45, 2.75) is 58.6 Å². The monoisotopic (exact) mass is 543 g/mol.